The van der Waals surface area contributed by atoms with Crippen LogP contribution in [0.1, 0.15) is 18.4 Å². The molecule has 1 fully saturated rings. The van der Waals surface area contributed by atoms with E-state index in [0.29, 0.717) is 19.8 Å². The summed E-state index contributed by atoms with van der Waals surface area (Å²) in [6.45, 7) is 2.00. The van der Waals surface area contributed by atoms with Crippen LogP contribution in [0.15, 0.2) is 36.8 Å². The van der Waals surface area contributed by atoms with Crippen molar-refractivity contribution in [2.75, 3.05) is 25.1 Å². The summed E-state index contributed by atoms with van der Waals surface area (Å²) in [4.78, 5) is 8.63. The number of hydrogen-bond donors (Lipinski definition) is 1. The first kappa shape index (κ1) is 16.0. The van der Waals surface area contributed by atoms with E-state index in [9.17, 15) is 4.39 Å². The summed E-state index contributed by atoms with van der Waals surface area (Å²) < 4.78 is 21.0. The third-order valence-corrected chi connectivity index (χ3v) is 5.01. The average Bonchev–Trinajstić information content (AvgIpc) is 3.03. The first-order chi connectivity index (χ1) is 12.2. The number of hydrogen-bond acceptors (Lipinski definition) is 5. The van der Waals surface area contributed by atoms with Gasteiger partial charge in [-0.15, -0.1) is 0 Å². The number of aryl methyl sites for hydroxylation is 1. The number of aromatic nitrogens is 4. The third-order valence-electron chi connectivity index (χ3n) is 5.01. The standard InChI is InChI=1S/C18H20FN5O/c1-24-17-15(10-23-24)16(21-12-22-17)20-11-18(5-7-25-8-6-18)13-3-2-4-14(19)9-13/h2-4,9-10,12H,5-8,11H2,1H3,(H,20,21,22). The van der Waals surface area contributed by atoms with Crippen LogP contribution in [0.2, 0.25) is 0 Å². The van der Waals surface area contributed by atoms with Crippen LogP contribution >= 0.6 is 0 Å². The molecular formula is C18H20FN5O. The second-order valence-corrected chi connectivity index (χ2v) is 6.48. The SMILES string of the molecule is Cn1ncc2c(NCC3(c4cccc(F)c4)CCOCC3)ncnc21. The van der Waals surface area contributed by atoms with Gasteiger partial charge in [-0.3, -0.25) is 4.68 Å². The summed E-state index contributed by atoms with van der Waals surface area (Å²) in [5.74, 6) is 0.542. The highest BCUT2D eigenvalue weighted by Gasteiger charge is 2.35. The Hall–Kier alpha value is -2.54. The molecule has 3 aromatic rings. The van der Waals surface area contributed by atoms with Gasteiger partial charge in [-0.2, -0.15) is 5.10 Å². The minimum absolute atomic E-state index is 0.181. The maximum Gasteiger partial charge on any atom is 0.163 e. The maximum atomic E-state index is 13.8. The van der Waals surface area contributed by atoms with E-state index in [4.69, 9.17) is 4.74 Å². The minimum Gasteiger partial charge on any atom is -0.381 e. The maximum absolute atomic E-state index is 13.8. The molecule has 0 radical (unpaired) electrons. The van der Waals surface area contributed by atoms with Crippen molar-refractivity contribution in [2.24, 2.45) is 7.05 Å². The molecule has 7 heteroatoms. The van der Waals surface area contributed by atoms with Crippen molar-refractivity contribution in [1.29, 1.82) is 0 Å². The third kappa shape index (κ3) is 2.95. The summed E-state index contributed by atoms with van der Waals surface area (Å²) in [5, 5.41) is 8.57. The van der Waals surface area contributed by atoms with E-state index in [2.05, 4.69) is 20.4 Å². The summed E-state index contributed by atoms with van der Waals surface area (Å²) in [5.41, 5.74) is 1.60. The van der Waals surface area contributed by atoms with Gasteiger partial charge in [0, 0.05) is 32.2 Å². The monoisotopic (exact) mass is 341 g/mol. The Morgan fingerprint density at radius 1 is 1.28 bits per heavy atom. The Balaban J connectivity index is 1.65. The molecule has 1 aliphatic rings. The molecule has 130 valence electrons. The van der Waals surface area contributed by atoms with Crippen LogP contribution in [-0.4, -0.2) is 39.5 Å². The Morgan fingerprint density at radius 3 is 2.92 bits per heavy atom. The van der Waals surface area contributed by atoms with Crippen LogP contribution in [0.25, 0.3) is 11.0 Å². The van der Waals surface area contributed by atoms with Crippen LogP contribution in [0, 0.1) is 5.82 Å². The molecule has 25 heavy (non-hydrogen) atoms. The van der Waals surface area contributed by atoms with Gasteiger partial charge in [-0.1, -0.05) is 12.1 Å². The Labute approximate surface area is 145 Å². The molecule has 1 saturated heterocycles. The zero-order valence-electron chi connectivity index (χ0n) is 14.1. The lowest BCUT2D eigenvalue weighted by Crippen LogP contribution is -2.40. The van der Waals surface area contributed by atoms with Crippen LogP contribution in [-0.2, 0) is 17.2 Å². The van der Waals surface area contributed by atoms with Gasteiger partial charge in [0.15, 0.2) is 5.65 Å². The molecule has 0 saturated carbocycles. The van der Waals surface area contributed by atoms with E-state index in [-0.39, 0.29) is 11.2 Å². The van der Waals surface area contributed by atoms with Gasteiger partial charge >= 0.3 is 0 Å². The van der Waals surface area contributed by atoms with Gasteiger partial charge in [-0.05, 0) is 30.5 Å². The fraction of sp³-hybridized carbons (Fsp3) is 0.389. The molecule has 0 spiro atoms. The normalized spacial score (nSPS) is 16.9. The number of ether oxygens (including phenoxy) is 1. The van der Waals surface area contributed by atoms with Gasteiger partial charge in [0.2, 0.25) is 0 Å². The number of rotatable bonds is 4. The Kier molecular flexibility index (Phi) is 4.09. The van der Waals surface area contributed by atoms with Crippen molar-refractivity contribution in [3.05, 3.63) is 48.2 Å². The smallest absolute Gasteiger partial charge is 0.163 e. The highest BCUT2D eigenvalue weighted by molar-refractivity contribution is 5.86. The van der Waals surface area contributed by atoms with Crippen LogP contribution in [0.5, 0.6) is 0 Å². The quantitative estimate of drug-likeness (QED) is 0.790. The van der Waals surface area contributed by atoms with Crippen molar-refractivity contribution in [3.63, 3.8) is 0 Å². The zero-order chi connectivity index (χ0) is 17.3. The van der Waals surface area contributed by atoms with Crippen molar-refractivity contribution >= 4 is 16.9 Å². The first-order valence-electron chi connectivity index (χ1n) is 8.38. The second-order valence-electron chi connectivity index (χ2n) is 6.48. The van der Waals surface area contributed by atoms with E-state index in [1.54, 1.807) is 23.0 Å². The summed E-state index contributed by atoms with van der Waals surface area (Å²) >= 11 is 0. The van der Waals surface area contributed by atoms with Crippen LogP contribution < -0.4 is 5.32 Å². The molecule has 1 N–H and O–H groups in total. The van der Waals surface area contributed by atoms with Crippen molar-refractivity contribution < 1.29 is 9.13 Å². The number of nitrogens with one attached hydrogen (secondary N) is 1. The molecule has 4 rings (SSSR count). The lowest BCUT2D eigenvalue weighted by Gasteiger charge is -2.38. The topological polar surface area (TPSA) is 64.9 Å². The van der Waals surface area contributed by atoms with Gasteiger partial charge in [-0.25, -0.2) is 14.4 Å². The molecule has 3 heterocycles. The van der Waals surface area contributed by atoms with E-state index in [0.717, 1.165) is 35.3 Å². The summed E-state index contributed by atoms with van der Waals surface area (Å²) in [7, 11) is 1.85. The lowest BCUT2D eigenvalue weighted by atomic mass is 9.74. The summed E-state index contributed by atoms with van der Waals surface area (Å²) in [6, 6.07) is 6.88. The van der Waals surface area contributed by atoms with Crippen molar-refractivity contribution in [1.82, 2.24) is 19.7 Å². The van der Waals surface area contributed by atoms with Crippen molar-refractivity contribution in [2.45, 2.75) is 18.3 Å². The van der Waals surface area contributed by atoms with Gasteiger partial charge in [0.25, 0.3) is 0 Å². The Morgan fingerprint density at radius 2 is 2.12 bits per heavy atom. The molecule has 0 unspecified atom stereocenters. The molecule has 1 aromatic carbocycles. The summed E-state index contributed by atoms with van der Waals surface area (Å²) in [6.07, 6.45) is 4.97. The average molecular weight is 341 g/mol. The largest absolute Gasteiger partial charge is 0.381 e. The predicted octanol–water partition coefficient (Wildman–Crippen LogP) is 2.66. The highest BCUT2D eigenvalue weighted by Crippen LogP contribution is 2.35. The molecule has 0 amide bonds. The predicted molar refractivity (Wildman–Crippen MR) is 92.9 cm³/mol. The lowest BCUT2D eigenvalue weighted by molar-refractivity contribution is 0.0543. The number of fused-ring (bicyclic) bond motifs is 1. The number of halogens is 1. The molecule has 0 bridgehead atoms. The minimum atomic E-state index is -0.208. The fourth-order valence-corrected chi connectivity index (χ4v) is 3.50. The van der Waals surface area contributed by atoms with E-state index < -0.39 is 0 Å². The molecule has 0 aliphatic carbocycles. The molecular weight excluding hydrogens is 321 g/mol. The van der Waals surface area contributed by atoms with Gasteiger partial charge < -0.3 is 10.1 Å². The number of benzene rings is 1. The fourth-order valence-electron chi connectivity index (χ4n) is 3.50. The molecule has 6 nitrogen and oxygen atoms in total. The van der Waals surface area contributed by atoms with Crippen LogP contribution in [0.3, 0.4) is 0 Å². The number of anilines is 1. The van der Waals surface area contributed by atoms with E-state index in [1.807, 2.05) is 13.1 Å². The van der Waals surface area contributed by atoms with Crippen molar-refractivity contribution in [3.8, 4) is 0 Å². The van der Waals surface area contributed by atoms with Gasteiger partial charge in [0.1, 0.15) is 18.0 Å². The molecule has 1 aliphatic heterocycles. The Bertz CT molecular complexity index is 888. The van der Waals surface area contributed by atoms with Crippen LogP contribution in [0.4, 0.5) is 10.2 Å². The zero-order valence-corrected chi connectivity index (χ0v) is 14.1. The highest BCUT2D eigenvalue weighted by atomic mass is 19.1. The van der Waals surface area contributed by atoms with Gasteiger partial charge in [0.05, 0.1) is 11.6 Å². The molecule has 0 atom stereocenters. The van der Waals surface area contributed by atoms with E-state index in [1.165, 1.54) is 12.4 Å². The first-order valence-corrected chi connectivity index (χ1v) is 8.38. The molecule has 2 aromatic heterocycles. The second kappa shape index (κ2) is 6.40. The van der Waals surface area contributed by atoms with E-state index >= 15 is 0 Å². The number of nitrogens with zero attached hydrogens (tertiary/aromatic N) is 4.